The van der Waals surface area contributed by atoms with E-state index in [-0.39, 0.29) is 16.5 Å². The van der Waals surface area contributed by atoms with E-state index in [1.165, 1.54) is 28.9 Å². The van der Waals surface area contributed by atoms with Crippen LogP contribution in [0.3, 0.4) is 0 Å². The van der Waals surface area contributed by atoms with E-state index < -0.39 is 15.6 Å². The van der Waals surface area contributed by atoms with E-state index in [4.69, 9.17) is 11.6 Å². The quantitative estimate of drug-likeness (QED) is 0.702. The zero-order valence-electron chi connectivity index (χ0n) is 15.2. The van der Waals surface area contributed by atoms with Crippen molar-refractivity contribution >= 4 is 27.3 Å². The number of para-hydroxylation sites is 1. The van der Waals surface area contributed by atoms with Crippen LogP contribution in [-0.4, -0.2) is 17.8 Å². The number of aromatic nitrogens is 2. The van der Waals surface area contributed by atoms with Crippen LogP contribution >= 0.6 is 11.6 Å². The topological polar surface area (TPSA) is 73.1 Å². The maximum atomic E-state index is 13.1. The second kappa shape index (κ2) is 7.25. The number of nitrogens with one attached hydrogen (secondary N) is 1. The van der Waals surface area contributed by atoms with Gasteiger partial charge >= 0.3 is 0 Å². The number of benzene rings is 2. The number of sulfonamides is 1. The number of nitrogens with zero attached hydrogens (tertiary/aromatic N) is 2. The zero-order valence-corrected chi connectivity index (χ0v) is 16.8. The van der Waals surface area contributed by atoms with Gasteiger partial charge in [-0.05, 0) is 42.3 Å². The lowest BCUT2D eigenvalue weighted by atomic mass is 10.1. The first-order valence-corrected chi connectivity index (χ1v) is 10.2. The minimum Gasteiger partial charge on any atom is -0.283 e. The van der Waals surface area contributed by atoms with Crippen molar-refractivity contribution in [2.45, 2.75) is 24.7 Å². The summed E-state index contributed by atoms with van der Waals surface area (Å²) in [5.74, 6) is -0.0735. The van der Waals surface area contributed by atoms with Gasteiger partial charge in [-0.25, -0.2) is 13.1 Å². The molecule has 0 amide bonds. The van der Waals surface area contributed by atoms with Crippen molar-refractivity contribution in [3.63, 3.8) is 0 Å². The van der Waals surface area contributed by atoms with Crippen molar-refractivity contribution in [1.82, 2.24) is 9.36 Å². The summed E-state index contributed by atoms with van der Waals surface area (Å²) in [6.45, 7) is 3.81. The van der Waals surface area contributed by atoms with Gasteiger partial charge in [0.05, 0.1) is 16.3 Å². The number of rotatable bonds is 5. The molecule has 0 radical (unpaired) electrons. The lowest BCUT2D eigenvalue weighted by molar-refractivity contribution is 0.594. The summed E-state index contributed by atoms with van der Waals surface area (Å²) in [6.07, 6.45) is 0. The van der Waals surface area contributed by atoms with Crippen LogP contribution in [0.2, 0.25) is 5.02 Å². The minimum atomic E-state index is -3.93. The first kappa shape index (κ1) is 19.3. The van der Waals surface area contributed by atoms with Crippen LogP contribution in [0, 0.1) is 0 Å². The first-order valence-electron chi connectivity index (χ1n) is 8.38. The summed E-state index contributed by atoms with van der Waals surface area (Å²) in [5.41, 5.74) is 0.876. The molecule has 27 heavy (non-hydrogen) atoms. The normalized spacial score (nSPS) is 11.7. The molecule has 0 saturated heterocycles. The number of hydrogen-bond donors (Lipinski definition) is 1. The Morgan fingerprint density at radius 1 is 1.00 bits per heavy atom. The fourth-order valence-electron chi connectivity index (χ4n) is 3.05. The third-order valence-corrected chi connectivity index (χ3v) is 5.84. The molecule has 142 valence electrons. The van der Waals surface area contributed by atoms with Crippen LogP contribution in [0.15, 0.2) is 64.3 Å². The van der Waals surface area contributed by atoms with Crippen LogP contribution in [-0.2, 0) is 17.1 Å². The first-order chi connectivity index (χ1) is 12.7. The Morgan fingerprint density at radius 2 is 1.59 bits per heavy atom. The predicted molar refractivity (Wildman–Crippen MR) is 107 cm³/mol. The lowest BCUT2D eigenvalue weighted by Crippen LogP contribution is -2.23. The molecule has 8 heteroatoms. The Hall–Kier alpha value is -2.51. The molecule has 0 spiro atoms. The van der Waals surface area contributed by atoms with E-state index in [9.17, 15) is 13.2 Å². The summed E-state index contributed by atoms with van der Waals surface area (Å²) in [4.78, 5) is 13.1. The van der Waals surface area contributed by atoms with Crippen LogP contribution in [0.5, 0.6) is 0 Å². The highest BCUT2D eigenvalue weighted by molar-refractivity contribution is 7.92. The lowest BCUT2D eigenvalue weighted by Gasteiger charge is -2.13. The standard InChI is InChI=1S/C19H20ClN3O3S/c1-13(2)18-17(21-27(25,26)16-11-9-14(20)10-12-16)19(24)23(22(18)3)15-7-5-4-6-8-15/h4-13,21H,1-3H3. The number of hydrogen-bond acceptors (Lipinski definition) is 3. The SMILES string of the molecule is CC(C)c1c(NS(=O)(=O)c2ccc(Cl)cc2)c(=O)n(-c2ccccc2)n1C. The zero-order chi connectivity index (χ0) is 19.8. The third-order valence-electron chi connectivity index (χ3n) is 4.22. The van der Waals surface area contributed by atoms with Gasteiger partial charge in [0.1, 0.15) is 5.69 Å². The van der Waals surface area contributed by atoms with Crippen molar-refractivity contribution < 1.29 is 8.42 Å². The molecular weight excluding hydrogens is 386 g/mol. The van der Waals surface area contributed by atoms with Gasteiger partial charge in [0.2, 0.25) is 0 Å². The molecule has 0 aliphatic heterocycles. The van der Waals surface area contributed by atoms with Gasteiger partial charge in [0, 0.05) is 12.1 Å². The maximum Gasteiger partial charge on any atom is 0.296 e. The van der Waals surface area contributed by atoms with E-state index >= 15 is 0 Å². The molecule has 0 fully saturated rings. The maximum absolute atomic E-state index is 13.1. The summed E-state index contributed by atoms with van der Waals surface area (Å²) in [7, 11) is -2.19. The molecule has 0 aliphatic carbocycles. The van der Waals surface area contributed by atoms with Crippen molar-refractivity contribution in [2.75, 3.05) is 4.72 Å². The molecule has 6 nitrogen and oxygen atoms in total. The summed E-state index contributed by atoms with van der Waals surface area (Å²) >= 11 is 5.83. The Morgan fingerprint density at radius 3 is 2.15 bits per heavy atom. The molecule has 1 heterocycles. The van der Waals surface area contributed by atoms with Crippen molar-refractivity contribution in [2.24, 2.45) is 7.05 Å². The van der Waals surface area contributed by atoms with Gasteiger partial charge in [-0.15, -0.1) is 0 Å². The monoisotopic (exact) mass is 405 g/mol. The average Bonchev–Trinajstić information content (AvgIpc) is 2.86. The molecule has 3 rings (SSSR count). The molecule has 0 saturated carbocycles. The predicted octanol–water partition coefficient (Wildman–Crippen LogP) is 3.75. The highest BCUT2D eigenvalue weighted by Crippen LogP contribution is 2.25. The third kappa shape index (κ3) is 3.65. The van der Waals surface area contributed by atoms with Crippen molar-refractivity contribution in [1.29, 1.82) is 0 Å². The Kier molecular flexibility index (Phi) is 5.17. The molecular formula is C19H20ClN3O3S. The van der Waals surface area contributed by atoms with Gasteiger partial charge in [-0.2, -0.15) is 0 Å². The minimum absolute atomic E-state index is 0.0381. The Balaban J connectivity index is 2.16. The number of anilines is 1. The average molecular weight is 406 g/mol. The Bertz CT molecular complexity index is 1120. The second-order valence-corrected chi connectivity index (χ2v) is 8.57. The van der Waals surface area contributed by atoms with E-state index in [0.717, 1.165) is 0 Å². The molecule has 0 aliphatic rings. The van der Waals surface area contributed by atoms with Gasteiger partial charge in [0.25, 0.3) is 15.6 Å². The fraction of sp³-hybridized carbons (Fsp3) is 0.211. The molecule has 0 unspecified atom stereocenters. The molecule has 0 atom stereocenters. The molecule has 0 bridgehead atoms. The number of halogens is 1. The van der Waals surface area contributed by atoms with Gasteiger partial charge in [0.15, 0.2) is 0 Å². The smallest absolute Gasteiger partial charge is 0.283 e. The fourth-order valence-corrected chi connectivity index (χ4v) is 4.25. The molecule has 3 aromatic rings. The van der Waals surface area contributed by atoms with Crippen LogP contribution in [0.4, 0.5) is 5.69 Å². The van der Waals surface area contributed by atoms with Crippen LogP contribution in [0.1, 0.15) is 25.5 Å². The van der Waals surface area contributed by atoms with Gasteiger partial charge in [-0.3, -0.25) is 14.2 Å². The highest BCUT2D eigenvalue weighted by Gasteiger charge is 2.25. The van der Waals surface area contributed by atoms with E-state index in [1.807, 2.05) is 32.0 Å². The van der Waals surface area contributed by atoms with Gasteiger partial charge in [-0.1, -0.05) is 43.6 Å². The summed E-state index contributed by atoms with van der Waals surface area (Å²) < 4.78 is 31.2. The van der Waals surface area contributed by atoms with Crippen LogP contribution < -0.4 is 10.3 Å². The molecule has 2 aromatic carbocycles. The van der Waals surface area contributed by atoms with Crippen molar-refractivity contribution in [3.8, 4) is 5.69 Å². The van der Waals surface area contributed by atoms with Crippen molar-refractivity contribution in [3.05, 3.63) is 75.7 Å². The largest absolute Gasteiger partial charge is 0.296 e. The highest BCUT2D eigenvalue weighted by atomic mass is 35.5. The van der Waals surface area contributed by atoms with Crippen LogP contribution in [0.25, 0.3) is 5.69 Å². The van der Waals surface area contributed by atoms with E-state index in [1.54, 1.807) is 23.9 Å². The van der Waals surface area contributed by atoms with E-state index in [2.05, 4.69) is 4.72 Å². The summed E-state index contributed by atoms with van der Waals surface area (Å²) in [5, 5.41) is 0.433. The molecule has 1 N–H and O–H groups in total. The molecule has 1 aromatic heterocycles. The van der Waals surface area contributed by atoms with Gasteiger partial charge < -0.3 is 0 Å². The van der Waals surface area contributed by atoms with E-state index in [0.29, 0.717) is 16.4 Å². The summed E-state index contributed by atoms with van der Waals surface area (Å²) in [6, 6.07) is 14.9. The second-order valence-electron chi connectivity index (χ2n) is 6.45. The Labute approximate surface area is 163 Å².